The largest absolute Gasteiger partial charge is 0.424 e. The number of rotatable bonds is 11. The molecule has 0 nitrogen and oxygen atoms in total. The highest BCUT2D eigenvalue weighted by Gasteiger charge is 2.95. The summed E-state index contributed by atoms with van der Waals surface area (Å²) in [5.41, 5.74) is -6.88. The van der Waals surface area contributed by atoms with Crippen LogP contribution in [0.2, 0.25) is 0 Å². The lowest BCUT2D eigenvalue weighted by Gasteiger charge is -2.44. The quantitative estimate of drug-likeness (QED) is 0.0986. The molecule has 0 aromatic heterocycles. The highest BCUT2D eigenvalue weighted by atomic mass is 35.8. The van der Waals surface area contributed by atoms with Crippen molar-refractivity contribution in [2.24, 2.45) is 0 Å². The van der Waals surface area contributed by atoms with Crippen molar-refractivity contribution in [1.29, 1.82) is 0 Å². The van der Waals surface area contributed by atoms with Crippen molar-refractivity contribution >= 4 is 39.2 Å². The van der Waals surface area contributed by atoms with Gasteiger partial charge in [-0.15, -0.1) is 39.8 Å². The van der Waals surface area contributed by atoms with E-state index in [1.807, 2.05) is 0 Å². The molecule has 0 saturated carbocycles. The maximum absolute atomic E-state index is 13.6. The van der Waals surface area contributed by atoms with Crippen LogP contribution in [-0.2, 0) is 0 Å². The SMILES string of the molecule is C=CCCC(F)(F)C(F)(F)C(F)(F)C(F)(F)C(F)(F)C(F)(F)C(F)(F)C(F)(F)[Si](Cl)(Cl)Cl. The zero-order valence-electron chi connectivity index (χ0n) is 14.4. The van der Waals surface area contributed by atoms with Crippen LogP contribution in [0.4, 0.5) is 70.2 Å². The van der Waals surface area contributed by atoms with E-state index in [1.165, 1.54) is 0 Å². The van der Waals surface area contributed by atoms with Crippen LogP contribution in [0.15, 0.2) is 12.7 Å². The fourth-order valence-corrected chi connectivity index (χ4v) is 3.41. The van der Waals surface area contributed by atoms with Gasteiger partial charge in [-0.2, -0.15) is 70.2 Å². The van der Waals surface area contributed by atoms with Gasteiger partial charge in [0.25, 0.3) is 0 Å². The molecular weight excluding hydrogens is 583 g/mol. The molecule has 0 N–H and O–H groups in total. The average Bonchev–Trinajstić information content (AvgIpc) is 2.57. The van der Waals surface area contributed by atoms with Gasteiger partial charge in [0.05, 0.1) is 0 Å². The van der Waals surface area contributed by atoms with Crippen molar-refractivity contribution in [1.82, 2.24) is 0 Å². The number of hydrogen-bond donors (Lipinski definition) is 0. The maximum Gasteiger partial charge on any atom is 0.424 e. The maximum atomic E-state index is 13.6. The van der Waals surface area contributed by atoms with Crippen LogP contribution in [0.25, 0.3) is 0 Å². The predicted molar refractivity (Wildman–Crippen MR) is 82.3 cm³/mol. The van der Waals surface area contributed by atoms with Crippen LogP contribution in [0.3, 0.4) is 0 Å². The predicted octanol–water partition coefficient (Wildman–Crippen LogP) is 8.23. The van der Waals surface area contributed by atoms with Gasteiger partial charge < -0.3 is 0 Å². The second kappa shape index (κ2) is 8.43. The van der Waals surface area contributed by atoms with E-state index in [9.17, 15) is 70.2 Å². The van der Waals surface area contributed by atoms with Crippen molar-refractivity contribution in [2.45, 2.75) is 59.8 Å². The Kier molecular flexibility index (Phi) is 8.35. The smallest absolute Gasteiger partial charge is 0.200 e. The third kappa shape index (κ3) is 4.16. The van der Waals surface area contributed by atoms with Crippen molar-refractivity contribution in [3.63, 3.8) is 0 Å². The van der Waals surface area contributed by atoms with E-state index in [4.69, 9.17) is 0 Å². The molecule has 0 heterocycles. The van der Waals surface area contributed by atoms with Gasteiger partial charge in [0.1, 0.15) is 0 Å². The molecule has 0 saturated heterocycles. The van der Waals surface area contributed by atoms with Gasteiger partial charge >= 0.3 is 53.0 Å². The fourth-order valence-electron chi connectivity index (χ4n) is 1.83. The zero-order valence-corrected chi connectivity index (χ0v) is 17.6. The van der Waals surface area contributed by atoms with Crippen LogP contribution < -0.4 is 0 Å². The first-order valence-electron chi connectivity index (χ1n) is 7.26. The van der Waals surface area contributed by atoms with E-state index in [-0.39, 0.29) is 0 Å². The van der Waals surface area contributed by atoms with E-state index in [2.05, 4.69) is 39.8 Å². The summed E-state index contributed by atoms with van der Waals surface area (Å²) >= 11 is 13.0. The number of halogens is 19. The van der Waals surface area contributed by atoms with Gasteiger partial charge in [-0.05, 0) is 6.42 Å². The van der Waals surface area contributed by atoms with E-state index >= 15 is 0 Å². The Hall–Kier alpha value is -0.293. The van der Waals surface area contributed by atoms with Crippen molar-refractivity contribution in [2.75, 3.05) is 0 Å². The van der Waals surface area contributed by atoms with Crippen LogP contribution >= 0.6 is 33.2 Å². The molecular formula is C12H7Cl3F16Si. The molecule has 0 radical (unpaired) electrons. The zero-order chi connectivity index (χ0) is 26.6. The lowest BCUT2D eigenvalue weighted by atomic mass is 9.88. The third-order valence-electron chi connectivity index (χ3n) is 3.84. The topological polar surface area (TPSA) is 0 Å². The summed E-state index contributed by atoms with van der Waals surface area (Å²) in [4.78, 5) is 0. The first-order valence-corrected chi connectivity index (χ1v) is 12.3. The summed E-state index contributed by atoms with van der Waals surface area (Å²) in [6.07, 6.45) is -3.44. The molecule has 0 rings (SSSR count). The average molecular weight is 590 g/mol. The number of allylic oxidation sites excluding steroid dienone is 1. The molecule has 0 unspecified atom stereocenters. The molecule has 0 atom stereocenters. The highest BCUT2D eigenvalue weighted by molar-refractivity contribution is 7.65. The number of alkyl halides is 16. The summed E-state index contributed by atoms with van der Waals surface area (Å²) in [6, 6.07) is -6.59. The molecule has 32 heavy (non-hydrogen) atoms. The Morgan fingerprint density at radius 3 is 1.09 bits per heavy atom. The lowest BCUT2D eigenvalue weighted by Crippen LogP contribution is -2.76. The summed E-state index contributed by atoms with van der Waals surface area (Å²) in [5, 5.41) is 0. The minimum absolute atomic E-state index is 0.353. The van der Waals surface area contributed by atoms with E-state index < -0.39 is 65.8 Å². The minimum Gasteiger partial charge on any atom is -0.200 e. The monoisotopic (exact) mass is 588 g/mol. The molecule has 0 amide bonds. The molecule has 0 bridgehead atoms. The van der Waals surface area contributed by atoms with Gasteiger partial charge in [0, 0.05) is 6.42 Å². The van der Waals surface area contributed by atoms with Gasteiger partial charge in [-0.25, -0.2) is 0 Å². The second-order valence-corrected chi connectivity index (χ2v) is 14.5. The first kappa shape index (κ1) is 31.7. The fraction of sp³-hybridized carbons (Fsp3) is 0.833. The van der Waals surface area contributed by atoms with Crippen molar-refractivity contribution in [3.8, 4) is 0 Å². The van der Waals surface area contributed by atoms with Crippen molar-refractivity contribution < 1.29 is 70.2 Å². The minimum atomic E-state index is -8.53. The molecule has 0 fully saturated rings. The molecule has 0 spiro atoms. The summed E-state index contributed by atoms with van der Waals surface area (Å²) < 4.78 is 216. The van der Waals surface area contributed by atoms with Gasteiger partial charge in [0.15, 0.2) is 0 Å². The molecule has 192 valence electrons. The van der Waals surface area contributed by atoms with E-state index in [0.29, 0.717) is 6.08 Å². The summed E-state index contributed by atoms with van der Waals surface area (Å²) in [7, 11) is 0. The lowest BCUT2D eigenvalue weighted by molar-refractivity contribution is -0.449. The van der Waals surface area contributed by atoms with Crippen molar-refractivity contribution in [3.05, 3.63) is 12.7 Å². The second-order valence-electron chi connectivity index (χ2n) is 6.05. The van der Waals surface area contributed by atoms with Crippen LogP contribution in [0, 0.1) is 0 Å². The normalized spacial score (nSPS) is 16.3. The standard InChI is InChI=1S/C12H7Cl3F16Si/c1-2-3-4-5(16,17)6(18,19)7(20,21)8(22,23)9(24,25)10(26,27)11(28,29)12(30,31)32(13,14)15/h2H,1,3-4H2. The van der Waals surface area contributed by atoms with Crippen LogP contribution in [0.1, 0.15) is 12.8 Å². The molecule has 20 heteroatoms. The Balaban J connectivity index is 6.81. The Labute approximate surface area is 182 Å². The Morgan fingerprint density at radius 2 is 0.812 bits per heavy atom. The molecule has 0 aliphatic rings. The summed E-state index contributed by atoms with van der Waals surface area (Å²) in [5.74, 6) is -55.4. The molecule has 0 aromatic carbocycles. The highest BCUT2D eigenvalue weighted by Crippen LogP contribution is 2.65. The number of hydrogen-bond acceptors (Lipinski definition) is 0. The van der Waals surface area contributed by atoms with Crippen LogP contribution in [0.5, 0.6) is 0 Å². The Bertz CT molecular complexity index is 699. The first-order chi connectivity index (χ1) is 13.6. The van der Waals surface area contributed by atoms with E-state index in [1.54, 1.807) is 0 Å². The molecule has 0 aliphatic carbocycles. The van der Waals surface area contributed by atoms with E-state index in [0.717, 1.165) is 0 Å². The van der Waals surface area contributed by atoms with Crippen LogP contribution in [-0.4, -0.2) is 53.0 Å². The summed E-state index contributed by atoms with van der Waals surface area (Å²) in [6.45, 7) is 2.68. The van der Waals surface area contributed by atoms with Gasteiger partial charge in [0.2, 0.25) is 0 Å². The molecule has 0 aliphatic heterocycles. The van der Waals surface area contributed by atoms with Gasteiger partial charge in [-0.1, -0.05) is 6.08 Å². The Morgan fingerprint density at radius 1 is 0.531 bits per heavy atom. The van der Waals surface area contributed by atoms with Gasteiger partial charge in [-0.3, -0.25) is 0 Å². The third-order valence-corrected chi connectivity index (χ3v) is 7.01. The molecule has 0 aromatic rings.